The van der Waals surface area contributed by atoms with Gasteiger partial charge in [-0.2, -0.15) is 0 Å². The molecule has 80 valence electrons. The Hall–Kier alpha value is -1.09. The Labute approximate surface area is 85.1 Å². The zero-order chi connectivity index (χ0) is 11.0. The minimum atomic E-state index is -0.345. The third kappa shape index (κ3) is 6.43. The maximum Gasteiger partial charge on any atom is 0.333 e. The molecule has 0 fully saturated rings. The second-order valence-electron chi connectivity index (χ2n) is 3.08. The van der Waals surface area contributed by atoms with Crippen LogP contribution < -0.4 is 0 Å². The number of carbonyl (C=O) groups excluding carboxylic acids is 1. The molecule has 14 heavy (non-hydrogen) atoms. The van der Waals surface area contributed by atoms with Gasteiger partial charge in [0.25, 0.3) is 0 Å². The first-order chi connectivity index (χ1) is 6.57. The van der Waals surface area contributed by atoms with Gasteiger partial charge >= 0.3 is 5.97 Å². The second kappa shape index (κ2) is 7.33. The fourth-order valence-electron chi connectivity index (χ4n) is 0.801. The number of allylic oxidation sites excluding steroid dienone is 2. The average Bonchev–Trinajstić information content (AvgIpc) is 2.12. The van der Waals surface area contributed by atoms with Crippen LogP contribution in [0.3, 0.4) is 0 Å². The summed E-state index contributed by atoms with van der Waals surface area (Å²) < 4.78 is 4.79. The Kier molecular flexibility index (Phi) is 6.76. The molecule has 1 atom stereocenters. The summed E-state index contributed by atoms with van der Waals surface area (Å²) in [4.78, 5) is 11.1. The highest BCUT2D eigenvalue weighted by Gasteiger charge is 2.01. The van der Waals surface area contributed by atoms with Gasteiger partial charge in [0.05, 0.1) is 12.7 Å². The van der Waals surface area contributed by atoms with Gasteiger partial charge in [-0.3, -0.25) is 0 Å². The lowest BCUT2D eigenvalue weighted by Crippen LogP contribution is -2.04. The quantitative estimate of drug-likeness (QED) is 0.416. The van der Waals surface area contributed by atoms with Gasteiger partial charge in [0.1, 0.15) is 0 Å². The van der Waals surface area contributed by atoms with E-state index in [0.717, 1.165) is 0 Å². The zero-order valence-electron chi connectivity index (χ0n) is 8.99. The number of aliphatic hydroxyl groups excluding tert-OH is 1. The van der Waals surface area contributed by atoms with E-state index in [4.69, 9.17) is 9.84 Å². The van der Waals surface area contributed by atoms with Crippen LogP contribution in [0.4, 0.5) is 0 Å². The first-order valence-electron chi connectivity index (χ1n) is 4.76. The molecule has 0 saturated carbocycles. The van der Waals surface area contributed by atoms with Crippen LogP contribution in [-0.4, -0.2) is 23.8 Å². The standard InChI is InChI=1S/C11H18O3/c1-4-14-11(13)9(2)7-5-6-8-10(3)12/h5-7,10,12H,4,8H2,1-3H3/b6-5+,9-7+/t10-/m1/s1. The average molecular weight is 198 g/mol. The number of rotatable bonds is 5. The highest BCUT2D eigenvalue weighted by Crippen LogP contribution is 1.98. The fourth-order valence-corrected chi connectivity index (χ4v) is 0.801. The van der Waals surface area contributed by atoms with Crippen molar-refractivity contribution >= 4 is 5.97 Å². The number of aliphatic hydroxyl groups is 1. The predicted molar refractivity (Wildman–Crippen MR) is 55.8 cm³/mol. The third-order valence-corrected chi connectivity index (χ3v) is 1.56. The topological polar surface area (TPSA) is 46.5 Å². The number of hydrogen-bond donors (Lipinski definition) is 1. The number of esters is 1. The lowest BCUT2D eigenvalue weighted by atomic mass is 10.2. The highest BCUT2D eigenvalue weighted by atomic mass is 16.5. The number of carbonyl (C=O) groups is 1. The van der Waals surface area contributed by atoms with Crippen molar-refractivity contribution in [2.75, 3.05) is 6.61 Å². The summed E-state index contributed by atoms with van der Waals surface area (Å²) in [6, 6.07) is 0. The van der Waals surface area contributed by atoms with Crippen LogP contribution >= 0.6 is 0 Å². The molecule has 0 heterocycles. The smallest absolute Gasteiger partial charge is 0.333 e. The molecule has 0 bridgehead atoms. The lowest BCUT2D eigenvalue weighted by molar-refractivity contribution is -0.138. The van der Waals surface area contributed by atoms with Crippen LogP contribution in [0.2, 0.25) is 0 Å². The van der Waals surface area contributed by atoms with E-state index in [-0.39, 0.29) is 12.1 Å². The van der Waals surface area contributed by atoms with Crippen molar-refractivity contribution in [1.82, 2.24) is 0 Å². The molecule has 3 heteroatoms. The fraction of sp³-hybridized carbons (Fsp3) is 0.545. The Morgan fingerprint density at radius 2 is 2.21 bits per heavy atom. The third-order valence-electron chi connectivity index (χ3n) is 1.56. The molecule has 0 saturated heterocycles. The summed E-state index contributed by atoms with van der Waals surface area (Å²) >= 11 is 0. The first kappa shape index (κ1) is 12.9. The summed E-state index contributed by atoms with van der Waals surface area (Å²) in [5.74, 6) is -0.297. The van der Waals surface area contributed by atoms with Crippen LogP contribution in [0.25, 0.3) is 0 Å². The summed E-state index contributed by atoms with van der Waals surface area (Å²) in [5, 5.41) is 8.95. The van der Waals surface area contributed by atoms with E-state index in [0.29, 0.717) is 18.6 Å². The van der Waals surface area contributed by atoms with E-state index < -0.39 is 0 Å². The van der Waals surface area contributed by atoms with Crippen LogP contribution in [0.15, 0.2) is 23.8 Å². The highest BCUT2D eigenvalue weighted by molar-refractivity contribution is 5.88. The summed E-state index contributed by atoms with van der Waals surface area (Å²) in [5.41, 5.74) is 0.564. The molecule has 0 aromatic rings. The second-order valence-corrected chi connectivity index (χ2v) is 3.08. The monoisotopic (exact) mass is 198 g/mol. The molecular formula is C11H18O3. The van der Waals surface area contributed by atoms with Crippen molar-refractivity contribution < 1.29 is 14.6 Å². The molecule has 0 radical (unpaired) electrons. The van der Waals surface area contributed by atoms with Crippen molar-refractivity contribution in [3.05, 3.63) is 23.8 Å². The molecule has 1 N–H and O–H groups in total. The van der Waals surface area contributed by atoms with Crippen molar-refractivity contribution in [3.63, 3.8) is 0 Å². The van der Waals surface area contributed by atoms with Crippen LogP contribution in [0, 0.1) is 0 Å². The maximum absolute atomic E-state index is 11.1. The van der Waals surface area contributed by atoms with E-state index in [2.05, 4.69) is 0 Å². The molecule has 0 unspecified atom stereocenters. The van der Waals surface area contributed by atoms with Gasteiger partial charge < -0.3 is 9.84 Å². The molecule has 0 aliphatic heterocycles. The van der Waals surface area contributed by atoms with Crippen molar-refractivity contribution in [1.29, 1.82) is 0 Å². The van der Waals surface area contributed by atoms with Crippen molar-refractivity contribution in [2.45, 2.75) is 33.3 Å². The van der Waals surface area contributed by atoms with Crippen LogP contribution in [0.1, 0.15) is 27.2 Å². The summed E-state index contributed by atoms with van der Waals surface area (Å²) in [6.45, 7) is 5.58. The van der Waals surface area contributed by atoms with Gasteiger partial charge in [-0.15, -0.1) is 0 Å². The molecule has 0 aromatic carbocycles. The Morgan fingerprint density at radius 1 is 1.57 bits per heavy atom. The number of ether oxygens (including phenoxy) is 1. The SMILES string of the molecule is CCOC(=O)/C(C)=C/C=C/C[C@@H](C)O. The molecule has 0 aliphatic rings. The summed E-state index contributed by atoms with van der Waals surface area (Å²) in [6.07, 6.45) is 5.49. The Morgan fingerprint density at radius 3 is 2.71 bits per heavy atom. The van der Waals surface area contributed by atoms with Gasteiger partial charge in [-0.25, -0.2) is 4.79 Å². The van der Waals surface area contributed by atoms with E-state index >= 15 is 0 Å². The van der Waals surface area contributed by atoms with E-state index in [1.54, 1.807) is 32.9 Å². The Balaban J connectivity index is 3.98. The first-order valence-corrected chi connectivity index (χ1v) is 4.76. The van der Waals surface area contributed by atoms with Crippen molar-refractivity contribution in [3.8, 4) is 0 Å². The van der Waals surface area contributed by atoms with E-state index in [1.807, 2.05) is 6.08 Å². The molecule has 3 nitrogen and oxygen atoms in total. The van der Waals surface area contributed by atoms with Crippen LogP contribution in [0.5, 0.6) is 0 Å². The molecule has 0 amide bonds. The van der Waals surface area contributed by atoms with Crippen LogP contribution in [-0.2, 0) is 9.53 Å². The Bertz CT molecular complexity index is 227. The van der Waals surface area contributed by atoms with Gasteiger partial charge in [-0.05, 0) is 27.2 Å². The molecule has 0 rings (SSSR count). The zero-order valence-corrected chi connectivity index (χ0v) is 8.99. The van der Waals surface area contributed by atoms with Gasteiger partial charge in [-0.1, -0.05) is 18.2 Å². The predicted octanol–water partition coefficient (Wildman–Crippen LogP) is 1.82. The summed E-state index contributed by atoms with van der Waals surface area (Å²) in [7, 11) is 0. The van der Waals surface area contributed by atoms with Gasteiger partial charge in [0.15, 0.2) is 0 Å². The largest absolute Gasteiger partial charge is 0.463 e. The van der Waals surface area contributed by atoms with Crippen molar-refractivity contribution in [2.24, 2.45) is 0 Å². The van der Waals surface area contributed by atoms with Gasteiger partial charge in [0, 0.05) is 5.57 Å². The maximum atomic E-state index is 11.1. The van der Waals surface area contributed by atoms with E-state index in [9.17, 15) is 4.79 Å². The molecule has 0 aliphatic carbocycles. The minimum Gasteiger partial charge on any atom is -0.463 e. The van der Waals surface area contributed by atoms with E-state index in [1.165, 1.54) is 0 Å². The lowest BCUT2D eigenvalue weighted by Gasteiger charge is -1.99. The molecular weight excluding hydrogens is 180 g/mol. The minimum absolute atomic E-state index is 0.297. The normalized spacial score (nSPS) is 14.4. The molecule has 0 spiro atoms. The molecule has 0 aromatic heterocycles. The number of hydrogen-bond acceptors (Lipinski definition) is 3. The van der Waals surface area contributed by atoms with Gasteiger partial charge in [0.2, 0.25) is 0 Å².